The Labute approximate surface area is 200 Å². The Kier molecular flexibility index (Phi) is 8.12. The van der Waals surface area contributed by atoms with Crippen molar-refractivity contribution < 1.29 is 19.5 Å². The number of halogens is 1. The molecule has 1 saturated heterocycles. The van der Waals surface area contributed by atoms with E-state index in [9.17, 15) is 19.5 Å². The molecular formula is C23H23ClN6O4. The lowest BCUT2D eigenvalue weighted by Crippen LogP contribution is -2.36. The van der Waals surface area contributed by atoms with E-state index < -0.39 is 11.7 Å². The Balaban J connectivity index is 0.000000196. The predicted molar refractivity (Wildman–Crippen MR) is 127 cm³/mol. The van der Waals surface area contributed by atoms with E-state index in [0.717, 1.165) is 19.5 Å². The van der Waals surface area contributed by atoms with E-state index in [2.05, 4.69) is 20.6 Å². The van der Waals surface area contributed by atoms with Gasteiger partial charge in [0.15, 0.2) is 5.78 Å². The number of nitrogen functional groups attached to an aromatic ring is 1. The number of para-hydroxylation sites is 1. The number of aromatic nitrogens is 2. The number of hydrogen-bond acceptors (Lipinski definition) is 8. The van der Waals surface area contributed by atoms with Crippen LogP contribution in [0.4, 0.5) is 5.95 Å². The second kappa shape index (κ2) is 11.2. The Bertz CT molecular complexity index is 1210. The highest BCUT2D eigenvalue weighted by molar-refractivity contribution is 6.35. The molecule has 1 aromatic heterocycles. The Morgan fingerprint density at radius 3 is 2.50 bits per heavy atom. The monoisotopic (exact) mass is 482 g/mol. The molecule has 34 heavy (non-hydrogen) atoms. The molecule has 1 fully saturated rings. The van der Waals surface area contributed by atoms with Gasteiger partial charge in [-0.2, -0.15) is 0 Å². The van der Waals surface area contributed by atoms with E-state index in [4.69, 9.17) is 23.1 Å². The fraction of sp³-hybridized carbons (Fsp3) is 0.174. The van der Waals surface area contributed by atoms with Crippen LogP contribution in [-0.2, 0) is 0 Å². The number of phenols is 1. The molecule has 4 rings (SSSR count). The lowest BCUT2D eigenvalue weighted by molar-refractivity contribution is 0.0933. The molecule has 0 radical (unpaired) electrons. The first-order valence-corrected chi connectivity index (χ1v) is 10.7. The molecule has 0 spiro atoms. The van der Waals surface area contributed by atoms with Crippen molar-refractivity contribution in [2.75, 3.05) is 18.8 Å². The largest absolute Gasteiger partial charge is 0.507 e. The van der Waals surface area contributed by atoms with Crippen molar-refractivity contribution in [2.45, 2.75) is 12.5 Å². The zero-order chi connectivity index (χ0) is 24.7. The van der Waals surface area contributed by atoms with Gasteiger partial charge in [-0.25, -0.2) is 9.97 Å². The van der Waals surface area contributed by atoms with Gasteiger partial charge in [0, 0.05) is 29.9 Å². The topological polar surface area (TPSA) is 173 Å². The Morgan fingerprint density at radius 1 is 1.12 bits per heavy atom. The smallest absolute Gasteiger partial charge is 0.270 e. The summed E-state index contributed by atoms with van der Waals surface area (Å²) in [6.45, 7) is 1.75. The van der Waals surface area contributed by atoms with Crippen LogP contribution in [0.2, 0.25) is 5.02 Å². The van der Waals surface area contributed by atoms with Gasteiger partial charge in [-0.15, -0.1) is 0 Å². The first-order chi connectivity index (χ1) is 16.3. The van der Waals surface area contributed by atoms with Gasteiger partial charge < -0.3 is 27.2 Å². The van der Waals surface area contributed by atoms with Crippen LogP contribution in [0.25, 0.3) is 0 Å². The molecule has 7 N–H and O–H groups in total. The molecule has 0 unspecified atom stereocenters. The van der Waals surface area contributed by atoms with Crippen LogP contribution in [-0.4, -0.2) is 51.8 Å². The number of nitrogens with two attached hydrogens (primary N) is 2. The van der Waals surface area contributed by atoms with Crippen LogP contribution in [0.3, 0.4) is 0 Å². The number of ketones is 1. The summed E-state index contributed by atoms with van der Waals surface area (Å²) >= 11 is 5.96. The summed E-state index contributed by atoms with van der Waals surface area (Å²) in [6, 6.07) is 12.1. The van der Waals surface area contributed by atoms with Gasteiger partial charge in [-0.3, -0.25) is 14.4 Å². The third-order valence-electron chi connectivity index (χ3n) is 4.95. The number of carbonyl (C=O) groups excluding carboxylic acids is 3. The van der Waals surface area contributed by atoms with Crippen molar-refractivity contribution in [3.63, 3.8) is 0 Å². The number of nitrogens with zero attached hydrogens (tertiary/aromatic N) is 2. The zero-order valence-electron chi connectivity index (χ0n) is 18.0. The van der Waals surface area contributed by atoms with Crippen LogP contribution in [0, 0.1) is 0 Å². The van der Waals surface area contributed by atoms with Crippen molar-refractivity contribution in [2.24, 2.45) is 5.73 Å². The number of aromatic hydroxyl groups is 1. The Morgan fingerprint density at radius 2 is 1.88 bits per heavy atom. The van der Waals surface area contributed by atoms with Gasteiger partial charge in [-0.1, -0.05) is 23.7 Å². The van der Waals surface area contributed by atoms with E-state index in [0.29, 0.717) is 5.69 Å². The molecule has 1 atom stereocenters. The van der Waals surface area contributed by atoms with Gasteiger partial charge in [0.2, 0.25) is 11.9 Å². The highest BCUT2D eigenvalue weighted by Gasteiger charge is 2.18. The number of hydrogen-bond donors (Lipinski definition) is 5. The first-order valence-electron chi connectivity index (χ1n) is 10.3. The van der Waals surface area contributed by atoms with Gasteiger partial charge in [0.05, 0.1) is 10.6 Å². The number of primary amides is 1. The summed E-state index contributed by atoms with van der Waals surface area (Å²) in [4.78, 5) is 42.5. The Hall–Kier alpha value is -4.02. The first kappa shape index (κ1) is 24.6. The number of benzene rings is 2. The number of carbonyl (C=O) groups is 3. The summed E-state index contributed by atoms with van der Waals surface area (Å²) in [6.07, 6.45) is 2.43. The summed E-state index contributed by atoms with van der Waals surface area (Å²) in [5.74, 6) is -1.24. The number of phenolic OH excluding ortho intramolecular Hbond substituents is 1. The fourth-order valence-corrected chi connectivity index (χ4v) is 3.47. The van der Waals surface area contributed by atoms with E-state index in [1.165, 1.54) is 36.5 Å². The van der Waals surface area contributed by atoms with Crippen molar-refractivity contribution in [1.82, 2.24) is 20.6 Å². The van der Waals surface area contributed by atoms with Crippen LogP contribution in [0.5, 0.6) is 5.75 Å². The SMILES string of the molecule is NC(=O)c1ccc(C(=O)c2ccccc2O)c(Cl)c1.Nc1nccc(C(=O)N[C@H]2CCNC2)n1. The van der Waals surface area contributed by atoms with Gasteiger partial charge in [0.1, 0.15) is 11.4 Å². The molecular weight excluding hydrogens is 460 g/mol. The van der Waals surface area contributed by atoms with E-state index in [1.54, 1.807) is 18.2 Å². The average Bonchev–Trinajstić information content (AvgIpc) is 3.32. The highest BCUT2D eigenvalue weighted by atomic mass is 35.5. The molecule has 1 aliphatic heterocycles. The maximum Gasteiger partial charge on any atom is 0.270 e. The molecule has 176 valence electrons. The number of amides is 2. The summed E-state index contributed by atoms with van der Waals surface area (Å²) in [7, 11) is 0. The summed E-state index contributed by atoms with van der Waals surface area (Å²) < 4.78 is 0. The fourth-order valence-electron chi connectivity index (χ4n) is 3.20. The molecule has 0 saturated carbocycles. The molecule has 11 heteroatoms. The zero-order valence-corrected chi connectivity index (χ0v) is 18.7. The van der Waals surface area contributed by atoms with Crippen molar-refractivity contribution >= 4 is 35.1 Å². The third-order valence-corrected chi connectivity index (χ3v) is 5.26. The summed E-state index contributed by atoms with van der Waals surface area (Å²) in [5, 5.41) is 15.8. The summed E-state index contributed by atoms with van der Waals surface area (Å²) in [5.41, 5.74) is 11.4. The molecule has 10 nitrogen and oxygen atoms in total. The number of nitrogens with one attached hydrogen (secondary N) is 2. The van der Waals surface area contributed by atoms with Crippen LogP contribution in [0.1, 0.15) is 43.2 Å². The minimum Gasteiger partial charge on any atom is -0.507 e. The van der Waals surface area contributed by atoms with Crippen molar-refractivity contribution in [3.8, 4) is 5.75 Å². The van der Waals surface area contributed by atoms with Crippen LogP contribution >= 0.6 is 11.6 Å². The highest BCUT2D eigenvalue weighted by Crippen LogP contribution is 2.25. The normalized spacial score (nSPS) is 14.6. The minimum absolute atomic E-state index is 0.115. The second-order valence-electron chi connectivity index (χ2n) is 7.37. The number of anilines is 1. The minimum atomic E-state index is -0.622. The van der Waals surface area contributed by atoms with E-state index >= 15 is 0 Å². The predicted octanol–water partition coefficient (Wildman–Crippen LogP) is 1.53. The second-order valence-corrected chi connectivity index (χ2v) is 7.78. The lowest BCUT2D eigenvalue weighted by atomic mass is 10.0. The average molecular weight is 483 g/mol. The molecule has 2 aromatic carbocycles. The van der Waals surface area contributed by atoms with Crippen molar-refractivity contribution in [1.29, 1.82) is 0 Å². The molecule has 0 aliphatic carbocycles. The molecule has 3 aromatic rings. The quantitative estimate of drug-likeness (QED) is 0.340. The standard InChI is InChI=1S/C14H10ClNO3.C9H13N5O/c15-11-7-8(14(16)19)5-6-9(11)13(18)10-3-1-2-4-12(10)17;10-9-12-4-2-7(14-9)8(15)13-6-1-3-11-5-6/h1-7,17H,(H2,16,19);2,4,6,11H,1,3,5H2,(H,13,15)(H2,10,12,14)/t;6-/m.0/s1. The molecule has 0 bridgehead atoms. The maximum atomic E-state index is 12.2. The van der Waals surface area contributed by atoms with Crippen LogP contribution < -0.4 is 22.1 Å². The van der Waals surface area contributed by atoms with Gasteiger partial charge in [-0.05, 0) is 49.4 Å². The van der Waals surface area contributed by atoms with Crippen LogP contribution in [0.15, 0.2) is 54.7 Å². The van der Waals surface area contributed by atoms with Crippen molar-refractivity contribution in [3.05, 3.63) is 82.1 Å². The molecule has 2 heterocycles. The van der Waals surface area contributed by atoms with E-state index in [1.807, 2.05) is 0 Å². The molecule has 1 aliphatic rings. The van der Waals surface area contributed by atoms with Gasteiger partial charge in [0.25, 0.3) is 5.91 Å². The van der Waals surface area contributed by atoms with Gasteiger partial charge >= 0.3 is 0 Å². The van der Waals surface area contributed by atoms with E-state index in [-0.39, 0.29) is 45.4 Å². The lowest BCUT2D eigenvalue weighted by Gasteiger charge is -2.10. The maximum absolute atomic E-state index is 12.2. The molecule has 2 amide bonds. The number of rotatable bonds is 5. The third kappa shape index (κ3) is 6.27.